The topological polar surface area (TPSA) is 76.1 Å². The van der Waals surface area contributed by atoms with Gasteiger partial charge in [0.1, 0.15) is 10.6 Å². The smallest absolute Gasteiger partial charge is 0.416 e. The molecule has 0 saturated carbocycles. The largest absolute Gasteiger partial charge is 0.496 e. The summed E-state index contributed by atoms with van der Waals surface area (Å²) in [5.41, 5.74) is 0.696. The van der Waals surface area contributed by atoms with Crippen LogP contribution in [0.1, 0.15) is 35.4 Å². The standard InChI is InChI=1S/C26H24F3N3O3S/c1-35-19-4-2-3-16-15(19)7-5-13-12-30-18(21(13)16)9-10-32-24(33)22-17-8-6-14(26(27,28)29)11-20(17)36-23(22)31-25(32)34/h2-4,6,8,11,13,18,21,30H,5,7,9-10,12H2,1H3,(H,31,34)/t13-,18?,21+/m0/s1. The molecule has 188 valence electrons. The van der Waals surface area contributed by atoms with Crippen LogP contribution in [0.5, 0.6) is 5.75 Å². The molecule has 2 N–H and O–H groups in total. The van der Waals surface area contributed by atoms with Crippen LogP contribution in [0.15, 0.2) is 46.0 Å². The quantitative estimate of drug-likeness (QED) is 0.415. The summed E-state index contributed by atoms with van der Waals surface area (Å²) in [7, 11) is 1.68. The number of alkyl halides is 3. The predicted molar refractivity (Wildman–Crippen MR) is 133 cm³/mol. The number of rotatable bonds is 4. The van der Waals surface area contributed by atoms with E-state index in [9.17, 15) is 22.8 Å². The highest BCUT2D eigenvalue weighted by Crippen LogP contribution is 2.45. The highest BCUT2D eigenvalue weighted by Gasteiger charge is 2.40. The SMILES string of the molecule is COc1cccc2c1CC[C@H]1CNC(CCn3c(=O)[nH]c4sc5cc(C(F)(F)F)ccc5c4c3=O)[C@@H]21. The molecule has 2 aliphatic rings. The Morgan fingerprint density at radius 3 is 2.81 bits per heavy atom. The number of hydrogen-bond acceptors (Lipinski definition) is 5. The van der Waals surface area contributed by atoms with Crippen molar-refractivity contribution in [3.63, 3.8) is 0 Å². The van der Waals surface area contributed by atoms with E-state index in [1.54, 1.807) is 7.11 Å². The molecule has 6 rings (SSSR count). The van der Waals surface area contributed by atoms with Gasteiger partial charge in [-0.2, -0.15) is 13.2 Å². The summed E-state index contributed by atoms with van der Waals surface area (Å²) in [5, 5.41) is 4.27. The third-order valence-electron chi connectivity index (χ3n) is 7.70. The molecule has 3 atom stereocenters. The number of halogens is 3. The first-order valence-electron chi connectivity index (χ1n) is 11.9. The summed E-state index contributed by atoms with van der Waals surface area (Å²) in [6.45, 7) is 1.09. The molecule has 36 heavy (non-hydrogen) atoms. The van der Waals surface area contributed by atoms with Crippen molar-refractivity contribution in [2.75, 3.05) is 13.7 Å². The minimum atomic E-state index is -4.48. The van der Waals surface area contributed by atoms with Gasteiger partial charge in [-0.25, -0.2) is 4.79 Å². The molecule has 0 bridgehead atoms. The first-order valence-corrected chi connectivity index (χ1v) is 12.7. The second-order valence-electron chi connectivity index (χ2n) is 9.56. The van der Waals surface area contributed by atoms with Crippen LogP contribution in [0.25, 0.3) is 20.3 Å². The van der Waals surface area contributed by atoms with Gasteiger partial charge < -0.3 is 10.1 Å². The Morgan fingerprint density at radius 2 is 2.03 bits per heavy atom. The number of aromatic amines is 1. The Kier molecular flexibility index (Phi) is 5.49. The van der Waals surface area contributed by atoms with E-state index < -0.39 is 23.0 Å². The molecular weight excluding hydrogens is 491 g/mol. The molecule has 4 aromatic rings. The first-order chi connectivity index (χ1) is 17.3. The van der Waals surface area contributed by atoms with Crippen LogP contribution in [0.3, 0.4) is 0 Å². The van der Waals surface area contributed by atoms with Gasteiger partial charge in [0, 0.05) is 28.6 Å². The van der Waals surface area contributed by atoms with Crippen molar-refractivity contribution in [3.05, 3.63) is 73.9 Å². The average Bonchev–Trinajstić information content (AvgIpc) is 3.43. The lowest BCUT2D eigenvalue weighted by Crippen LogP contribution is -2.37. The van der Waals surface area contributed by atoms with E-state index in [1.807, 2.05) is 12.1 Å². The molecule has 1 aliphatic carbocycles. The Hall–Kier alpha value is -3.11. The van der Waals surface area contributed by atoms with E-state index in [4.69, 9.17) is 4.74 Å². The van der Waals surface area contributed by atoms with Crippen molar-refractivity contribution in [2.24, 2.45) is 5.92 Å². The van der Waals surface area contributed by atoms with Gasteiger partial charge in [0.05, 0.1) is 18.1 Å². The van der Waals surface area contributed by atoms with Gasteiger partial charge in [0.25, 0.3) is 5.56 Å². The number of H-pyrrole nitrogens is 1. The summed E-state index contributed by atoms with van der Waals surface area (Å²) in [5.74, 6) is 1.65. The molecule has 1 fully saturated rings. The Balaban J connectivity index is 1.33. The van der Waals surface area contributed by atoms with E-state index in [1.165, 1.54) is 21.8 Å². The third kappa shape index (κ3) is 3.66. The van der Waals surface area contributed by atoms with Gasteiger partial charge in [-0.3, -0.25) is 14.3 Å². The maximum Gasteiger partial charge on any atom is 0.416 e. The second-order valence-corrected chi connectivity index (χ2v) is 10.6. The average molecular weight is 516 g/mol. The van der Waals surface area contributed by atoms with E-state index in [0.717, 1.165) is 48.6 Å². The lowest BCUT2D eigenvalue weighted by molar-refractivity contribution is -0.137. The number of benzene rings is 2. The minimum Gasteiger partial charge on any atom is -0.496 e. The maximum atomic E-state index is 13.4. The van der Waals surface area contributed by atoms with Crippen molar-refractivity contribution < 1.29 is 17.9 Å². The van der Waals surface area contributed by atoms with Gasteiger partial charge >= 0.3 is 11.9 Å². The van der Waals surface area contributed by atoms with Crippen LogP contribution in [0, 0.1) is 5.92 Å². The monoisotopic (exact) mass is 515 g/mol. The number of thiophene rings is 1. The van der Waals surface area contributed by atoms with Crippen molar-refractivity contribution in [3.8, 4) is 5.75 Å². The zero-order valence-electron chi connectivity index (χ0n) is 19.4. The predicted octanol–water partition coefficient (Wildman–Crippen LogP) is 4.64. The van der Waals surface area contributed by atoms with E-state index in [0.29, 0.717) is 27.3 Å². The van der Waals surface area contributed by atoms with Crippen molar-refractivity contribution in [2.45, 2.75) is 43.9 Å². The number of ether oxygens (including phenoxy) is 1. The fourth-order valence-corrected chi connectivity index (χ4v) is 7.16. The molecule has 3 heterocycles. The van der Waals surface area contributed by atoms with Crippen LogP contribution >= 0.6 is 11.3 Å². The lowest BCUT2D eigenvalue weighted by atomic mass is 9.73. The summed E-state index contributed by atoms with van der Waals surface area (Å²) in [6.07, 6.45) is -1.89. The number of hydrogen-bond donors (Lipinski definition) is 2. The van der Waals surface area contributed by atoms with Gasteiger partial charge in [-0.1, -0.05) is 18.2 Å². The van der Waals surface area contributed by atoms with Gasteiger partial charge in [-0.15, -0.1) is 11.3 Å². The fraction of sp³-hybridized carbons (Fsp3) is 0.385. The van der Waals surface area contributed by atoms with Crippen LogP contribution in [-0.2, 0) is 19.1 Å². The highest BCUT2D eigenvalue weighted by atomic mass is 32.1. The minimum absolute atomic E-state index is 0.0942. The van der Waals surface area contributed by atoms with E-state index in [-0.39, 0.29) is 23.9 Å². The normalized spacial score (nSPS) is 21.6. The van der Waals surface area contributed by atoms with Crippen LogP contribution in [-0.4, -0.2) is 29.2 Å². The van der Waals surface area contributed by atoms with Gasteiger partial charge in [0.15, 0.2) is 0 Å². The number of aromatic nitrogens is 2. The summed E-state index contributed by atoms with van der Waals surface area (Å²) < 4.78 is 46.5. The van der Waals surface area contributed by atoms with Crippen LogP contribution in [0.4, 0.5) is 13.2 Å². The molecule has 2 aromatic heterocycles. The van der Waals surface area contributed by atoms with Gasteiger partial charge in [-0.05, 0) is 61.1 Å². The molecule has 1 unspecified atom stereocenters. The molecule has 0 radical (unpaired) electrons. The zero-order chi connectivity index (χ0) is 25.2. The second kappa shape index (κ2) is 8.48. The van der Waals surface area contributed by atoms with Crippen molar-refractivity contribution >= 4 is 31.6 Å². The molecule has 0 spiro atoms. The number of methoxy groups -OCH3 is 1. The first kappa shape index (κ1) is 23.3. The number of fused-ring (bicyclic) bond motifs is 6. The van der Waals surface area contributed by atoms with Crippen molar-refractivity contribution in [1.29, 1.82) is 0 Å². The Morgan fingerprint density at radius 1 is 1.19 bits per heavy atom. The Bertz CT molecular complexity index is 1600. The molecule has 6 nitrogen and oxygen atoms in total. The summed E-state index contributed by atoms with van der Waals surface area (Å²) in [6, 6.07) is 9.54. The van der Waals surface area contributed by atoms with Crippen LogP contribution in [0.2, 0.25) is 0 Å². The molecular formula is C26H24F3N3O3S. The number of nitrogens with zero attached hydrogens (tertiary/aromatic N) is 1. The lowest BCUT2D eigenvalue weighted by Gasteiger charge is -2.32. The molecule has 1 aliphatic heterocycles. The highest BCUT2D eigenvalue weighted by molar-refractivity contribution is 7.25. The van der Waals surface area contributed by atoms with Crippen LogP contribution < -0.4 is 21.3 Å². The van der Waals surface area contributed by atoms with E-state index >= 15 is 0 Å². The number of nitrogens with one attached hydrogen (secondary N) is 2. The molecule has 10 heteroatoms. The summed E-state index contributed by atoms with van der Waals surface area (Å²) >= 11 is 0.990. The molecule has 0 amide bonds. The third-order valence-corrected chi connectivity index (χ3v) is 8.77. The fourth-order valence-electron chi connectivity index (χ4n) is 6.04. The summed E-state index contributed by atoms with van der Waals surface area (Å²) in [4.78, 5) is 29.2. The molecule has 2 aromatic carbocycles. The maximum absolute atomic E-state index is 13.4. The van der Waals surface area contributed by atoms with E-state index in [2.05, 4.69) is 16.4 Å². The Labute approximate surface area is 207 Å². The molecule has 1 saturated heterocycles. The van der Waals surface area contributed by atoms with Gasteiger partial charge in [0.2, 0.25) is 0 Å². The van der Waals surface area contributed by atoms with Crippen molar-refractivity contribution in [1.82, 2.24) is 14.9 Å². The zero-order valence-corrected chi connectivity index (χ0v) is 20.3.